The maximum Gasteiger partial charge on any atom is 0.264 e. The largest absolute Gasteiger partial charge is 0.354 e. The van der Waals surface area contributed by atoms with Crippen LogP contribution in [0.25, 0.3) is 11.0 Å². The highest BCUT2D eigenvalue weighted by molar-refractivity contribution is 7.99. The summed E-state index contributed by atoms with van der Waals surface area (Å²) in [7, 11) is 0. The summed E-state index contributed by atoms with van der Waals surface area (Å²) in [6, 6.07) is 18.1. The van der Waals surface area contributed by atoms with Gasteiger partial charge >= 0.3 is 0 Å². The minimum absolute atomic E-state index is 0.0178. The zero-order valence-corrected chi connectivity index (χ0v) is 18.7. The lowest BCUT2D eigenvalue weighted by Gasteiger charge is -2.08. The fraction of sp³-hybridized carbons (Fsp3) is 0.250. The second-order valence-electron chi connectivity index (χ2n) is 7.60. The van der Waals surface area contributed by atoms with Crippen LogP contribution in [0.2, 0.25) is 0 Å². The van der Waals surface area contributed by atoms with Gasteiger partial charge in [-0.25, -0.2) is 9.67 Å². The first-order valence-electron chi connectivity index (χ1n) is 10.4. The molecular formula is C24H25N5O2S. The van der Waals surface area contributed by atoms with E-state index in [9.17, 15) is 9.59 Å². The molecule has 0 bridgehead atoms. The molecule has 2 aromatic heterocycles. The number of hydrogen-bond acceptors (Lipinski definition) is 5. The lowest BCUT2D eigenvalue weighted by atomic mass is 10.1. The number of amides is 1. The summed E-state index contributed by atoms with van der Waals surface area (Å²) in [5.74, 6) is 1.18. The van der Waals surface area contributed by atoms with Crippen LogP contribution < -0.4 is 10.9 Å². The quantitative estimate of drug-likeness (QED) is 0.427. The molecule has 4 rings (SSSR count). The number of benzene rings is 2. The molecule has 8 heteroatoms. The van der Waals surface area contributed by atoms with E-state index in [1.807, 2.05) is 49.4 Å². The van der Waals surface area contributed by atoms with Crippen LogP contribution in [0.4, 0.5) is 0 Å². The number of fused-ring (bicyclic) bond motifs is 1. The Morgan fingerprint density at radius 3 is 2.62 bits per heavy atom. The number of nitrogens with zero attached hydrogens (tertiary/aromatic N) is 4. The van der Waals surface area contributed by atoms with Gasteiger partial charge in [0.2, 0.25) is 5.91 Å². The zero-order valence-electron chi connectivity index (χ0n) is 17.9. The lowest BCUT2D eigenvalue weighted by Crippen LogP contribution is -2.29. The third kappa shape index (κ3) is 5.45. The molecule has 32 heavy (non-hydrogen) atoms. The number of aromatic nitrogens is 4. The average molecular weight is 448 g/mol. The van der Waals surface area contributed by atoms with Crippen LogP contribution in [-0.2, 0) is 23.6 Å². The summed E-state index contributed by atoms with van der Waals surface area (Å²) < 4.78 is 3.25. The van der Waals surface area contributed by atoms with Crippen LogP contribution in [0.3, 0.4) is 0 Å². The molecular weight excluding hydrogens is 422 g/mol. The summed E-state index contributed by atoms with van der Waals surface area (Å²) in [6.07, 6.45) is 3.11. The van der Waals surface area contributed by atoms with E-state index in [1.165, 1.54) is 11.1 Å². The van der Waals surface area contributed by atoms with Gasteiger partial charge in [-0.3, -0.25) is 14.2 Å². The smallest absolute Gasteiger partial charge is 0.264 e. The first kappa shape index (κ1) is 21.8. The molecule has 2 heterocycles. The Balaban J connectivity index is 1.31. The third-order valence-corrected chi connectivity index (χ3v) is 6.09. The van der Waals surface area contributed by atoms with E-state index >= 15 is 0 Å². The maximum atomic E-state index is 12.8. The summed E-state index contributed by atoms with van der Waals surface area (Å²) in [4.78, 5) is 29.4. The van der Waals surface area contributed by atoms with Crippen molar-refractivity contribution in [2.45, 2.75) is 25.8 Å². The molecule has 0 atom stereocenters. The van der Waals surface area contributed by atoms with E-state index in [4.69, 9.17) is 0 Å². The van der Waals surface area contributed by atoms with Gasteiger partial charge in [-0.15, -0.1) is 11.8 Å². The summed E-state index contributed by atoms with van der Waals surface area (Å²) in [5.41, 5.74) is 3.83. The molecule has 164 valence electrons. The normalized spacial score (nSPS) is 11.0. The van der Waals surface area contributed by atoms with Gasteiger partial charge in [0.15, 0.2) is 5.65 Å². The van der Waals surface area contributed by atoms with E-state index in [0.29, 0.717) is 36.4 Å². The van der Waals surface area contributed by atoms with Crippen LogP contribution in [0.1, 0.15) is 16.7 Å². The molecule has 0 aliphatic carbocycles. The summed E-state index contributed by atoms with van der Waals surface area (Å²) >= 11 is 1.58. The molecule has 0 aliphatic rings. The van der Waals surface area contributed by atoms with E-state index < -0.39 is 0 Å². The van der Waals surface area contributed by atoms with E-state index in [2.05, 4.69) is 27.5 Å². The van der Waals surface area contributed by atoms with Gasteiger partial charge in [0.05, 0.1) is 25.0 Å². The van der Waals surface area contributed by atoms with Gasteiger partial charge in [0.1, 0.15) is 11.7 Å². The topological polar surface area (TPSA) is 81.8 Å². The third-order valence-electron chi connectivity index (χ3n) is 5.09. The van der Waals surface area contributed by atoms with Gasteiger partial charge in [-0.05, 0) is 18.1 Å². The Morgan fingerprint density at radius 1 is 1.06 bits per heavy atom. The monoisotopic (exact) mass is 447 g/mol. The van der Waals surface area contributed by atoms with Crippen LogP contribution in [0, 0.1) is 6.92 Å². The standard InChI is InChI=1S/C24H25N5O2S/c1-18-7-9-19(10-8-18)14-28-17-26-23-21(24(28)31)13-27-29(23)12-11-25-22(30)16-32-15-20-5-3-2-4-6-20/h2-10,13,17H,11-12,14-16H2,1H3,(H,25,30). The molecule has 7 nitrogen and oxygen atoms in total. The molecule has 0 radical (unpaired) electrons. The van der Waals surface area contributed by atoms with Crippen LogP contribution in [0.5, 0.6) is 0 Å². The van der Waals surface area contributed by atoms with Crippen molar-refractivity contribution in [3.8, 4) is 0 Å². The second-order valence-corrected chi connectivity index (χ2v) is 8.58. The van der Waals surface area contributed by atoms with Crippen molar-refractivity contribution in [2.24, 2.45) is 0 Å². The molecule has 0 fully saturated rings. The van der Waals surface area contributed by atoms with E-state index in [0.717, 1.165) is 11.3 Å². The van der Waals surface area contributed by atoms with Gasteiger partial charge in [0.25, 0.3) is 5.56 Å². The van der Waals surface area contributed by atoms with Gasteiger partial charge in [-0.1, -0.05) is 60.2 Å². The molecule has 0 aliphatic heterocycles. The van der Waals surface area contributed by atoms with Crippen LogP contribution in [-0.4, -0.2) is 37.5 Å². The van der Waals surface area contributed by atoms with Crippen molar-refractivity contribution in [3.05, 3.63) is 94.2 Å². The lowest BCUT2D eigenvalue weighted by molar-refractivity contribution is -0.118. The van der Waals surface area contributed by atoms with Crippen molar-refractivity contribution in [2.75, 3.05) is 12.3 Å². The molecule has 1 N–H and O–H groups in total. The van der Waals surface area contributed by atoms with Crippen molar-refractivity contribution in [1.82, 2.24) is 24.6 Å². The van der Waals surface area contributed by atoms with Crippen molar-refractivity contribution < 1.29 is 4.79 Å². The predicted octanol–water partition coefficient (Wildman–Crippen LogP) is 3.00. The molecule has 0 unspecified atom stereocenters. The van der Waals surface area contributed by atoms with E-state index in [-0.39, 0.29) is 11.5 Å². The Kier molecular flexibility index (Phi) is 7.01. The minimum Gasteiger partial charge on any atom is -0.354 e. The van der Waals surface area contributed by atoms with Gasteiger partial charge in [0, 0.05) is 12.3 Å². The highest BCUT2D eigenvalue weighted by atomic mass is 32.2. The molecule has 2 aromatic carbocycles. The number of thioether (sulfide) groups is 1. The first-order valence-corrected chi connectivity index (χ1v) is 11.6. The van der Waals surface area contributed by atoms with Gasteiger partial charge < -0.3 is 5.32 Å². The number of aryl methyl sites for hydroxylation is 1. The fourth-order valence-electron chi connectivity index (χ4n) is 3.35. The van der Waals surface area contributed by atoms with Crippen molar-refractivity contribution in [1.29, 1.82) is 0 Å². The average Bonchev–Trinajstić information content (AvgIpc) is 3.22. The Bertz CT molecular complexity index is 1250. The fourth-order valence-corrected chi connectivity index (χ4v) is 4.17. The number of carbonyl (C=O) groups is 1. The number of nitrogens with one attached hydrogen (secondary N) is 1. The minimum atomic E-state index is -0.122. The molecule has 1 amide bonds. The summed E-state index contributed by atoms with van der Waals surface area (Å²) in [5, 5.41) is 7.68. The first-order chi connectivity index (χ1) is 15.6. The second kappa shape index (κ2) is 10.3. The highest BCUT2D eigenvalue weighted by Gasteiger charge is 2.11. The SMILES string of the molecule is Cc1ccc(Cn2cnc3c(cnn3CCNC(=O)CSCc3ccccc3)c2=O)cc1. The summed E-state index contributed by atoms with van der Waals surface area (Å²) in [6.45, 7) is 3.37. The van der Waals surface area contributed by atoms with Gasteiger partial charge in [-0.2, -0.15) is 5.10 Å². The van der Waals surface area contributed by atoms with Crippen LogP contribution >= 0.6 is 11.8 Å². The molecule has 4 aromatic rings. The molecule has 0 spiro atoms. The Hall–Kier alpha value is -3.39. The highest BCUT2D eigenvalue weighted by Crippen LogP contribution is 2.11. The molecule has 0 saturated carbocycles. The Morgan fingerprint density at radius 2 is 1.84 bits per heavy atom. The Labute approximate surface area is 190 Å². The van der Waals surface area contributed by atoms with Crippen molar-refractivity contribution >= 4 is 28.7 Å². The van der Waals surface area contributed by atoms with Crippen LogP contribution in [0.15, 0.2) is 71.9 Å². The van der Waals surface area contributed by atoms with E-state index in [1.54, 1.807) is 33.5 Å². The number of carbonyl (C=O) groups excluding carboxylic acids is 1. The number of hydrogen-bond donors (Lipinski definition) is 1. The zero-order chi connectivity index (χ0) is 22.3. The molecule has 0 saturated heterocycles. The number of rotatable bonds is 9. The van der Waals surface area contributed by atoms with Crippen molar-refractivity contribution in [3.63, 3.8) is 0 Å². The maximum absolute atomic E-state index is 12.8. The predicted molar refractivity (Wildman–Crippen MR) is 128 cm³/mol.